The summed E-state index contributed by atoms with van der Waals surface area (Å²) in [6.07, 6.45) is 1.75. The van der Waals surface area contributed by atoms with Crippen LogP contribution in [0.3, 0.4) is 0 Å². The van der Waals surface area contributed by atoms with Crippen molar-refractivity contribution in [3.8, 4) is 0 Å². The van der Waals surface area contributed by atoms with Gasteiger partial charge in [-0.3, -0.25) is 5.10 Å². The minimum absolute atomic E-state index is 0. The molecule has 0 unspecified atom stereocenters. The largest absolute Gasteiger partial charge is 0.354 e. The molecule has 0 fully saturated rings. The number of anilines is 2. The second kappa shape index (κ2) is 5.97. The minimum Gasteiger partial charge on any atom is -0.354 e. The first-order valence-corrected chi connectivity index (χ1v) is 7.12. The number of aromatic amines is 1. The fourth-order valence-electron chi connectivity index (χ4n) is 2.37. The Bertz CT molecular complexity index is 769. The third-order valence-electron chi connectivity index (χ3n) is 3.57. The second-order valence-electron chi connectivity index (χ2n) is 6.39. The van der Waals surface area contributed by atoms with E-state index in [1.54, 1.807) is 6.20 Å². The van der Waals surface area contributed by atoms with Crippen molar-refractivity contribution in [3.63, 3.8) is 0 Å². The Labute approximate surface area is 136 Å². The molecule has 2 heterocycles. The molecule has 22 heavy (non-hydrogen) atoms. The Morgan fingerprint density at radius 3 is 2.41 bits per heavy atom. The number of fused-ring (bicyclic) bond motifs is 1. The zero-order valence-corrected chi connectivity index (χ0v) is 14.1. The number of aromatic nitrogens is 3. The van der Waals surface area contributed by atoms with E-state index >= 15 is 0 Å². The number of benzene rings is 1. The van der Waals surface area contributed by atoms with E-state index in [1.807, 2.05) is 13.0 Å². The number of pyridine rings is 1. The zero-order chi connectivity index (χ0) is 15.0. The van der Waals surface area contributed by atoms with Crippen LogP contribution in [0.5, 0.6) is 0 Å². The van der Waals surface area contributed by atoms with Crippen molar-refractivity contribution in [2.75, 3.05) is 5.32 Å². The highest BCUT2D eigenvalue weighted by molar-refractivity contribution is 5.89. The molecule has 1 aromatic carbocycles. The number of hydrogen-bond donors (Lipinski definition) is 2. The molecular formula is C17H21ClN4. The molecule has 116 valence electrons. The summed E-state index contributed by atoms with van der Waals surface area (Å²) in [5.41, 5.74) is 6.33. The third kappa shape index (κ3) is 3.22. The van der Waals surface area contributed by atoms with Gasteiger partial charge in [-0.15, -0.1) is 12.4 Å². The minimum atomic E-state index is 0. The second-order valence-corrected chi connectivity index (χ2v) is 6.39. The van der Waals surface area contributed by atoms with Gasteiger partial charge in [0.1, 0.15) is 11.0 Å². The quantitative estimate of drug-likeness (QED) is 0.718. The van der Waals surface area contributed by atoms with E-state index in [0.717, 1.165) is 28.1 Å². The Morgan fingerprint density at radius 2 is 1.77 bits per heavy atom. The molecule has 0 radical (unpaired) electrons. The van der Waals surface area contributed by atoms with E-state index in [-0.39, 0.29) is 17.8 Å². The normalized spacial score (nSPS) is 11.3. The highest BCUT2D eigenvalue weighted by Crippen LogP contribution is 2.27. The van der Waals surface area contributed by atoms with Gasteiger partial charge in [0.2, 0.25) is 0 Å². The summed E-state index contributed by atoms with van der Waals surface area (Å²) in [6, 6.07) is 10.6. The van der Waals surface area contributed by atoms with Crippen LogP contribution < -0.4 is 5.32 Å². The van der Waals surface area contributed by atoms with Crippen LogP contribution in [0.25, 0.3) is 11.0 Å². The summed E-state index contributed by atoms with van der Waals surface area (Å²) in [4.78, 5) is 4.45. The van der Waals surface area contributed by atoms with Crippen molar-refractivity contribution in [1.29, 1.82) is 0 Å². The molecule has 4 nitrogen and oxygen atoms in total. The Morgan fingerprint density at radius 1 is 1.09 bits per heavy atom. The lowest BCUT2D eigenvalue weighted by atomic mass is 9.87. The lowest BCUT2D eigenvalue weighted by molar-refractivity contribution is 0.590. The van der Waals surface area contributed by atoms with E-state index in [2.05, 4.69) is 65.5 Å². The number of nitrogens with one attached hydrogen (secondary N) is 2. The molecule has 0 aliphatic carbocycles. The van der Waals surface area contributed by atoms with Crippen LogP contribution in [0, 0.1) is 6.92 Å². The van der Waals surface area contributed by atoms with Crippen molar-refractivity contribution >= 4 is 34.8 Å². The molecule has 5 heteroatoms. The standard InChI is InChI=1S/C17H20N4.ClH/c1-11-9-14(16-15(19-11)10-18-21-16)20-13-7-5-12(6-8-13)17(2,3)4;/h5-10H,1-4H3,(H,18,21)(H,19,20);1H. The predicted octanol–water partition coefficient (Wildman–Crippen LogP) is 4.73. The topological polar surface area (TPSA) is 53.6 Å². The summed E-state index contributed by atoms with van der Waals surface area (Å²) < 4.78 is 0. The molecular weight excluding hydrogens is 296 g/mol. The summed E-state index contributed by atoms with van der Waals surface area (Å²) in [7, 11) is 0. The Kier molecular flexibility index (Phi) is 4.42. The zero-order valence-electron chi connectivity index (χ0n) is 13.3. The van der Waals surface area contributed by atoms with E-state index in [4.69, 9.17) is 0 Å². The highest BCUT2D eigenvalue weighted by Gasteiger charge is 2.13. The molecule has 0 aliphatic heterocycles. The summed E-state index contributed by atoms with van der Waals surface area (Å²) in [6.45, 7) is 8.64. The number of halogens is 1. The number of nitrogens with zero attached hydrogens (tertiary/aromatic N) is 2. The van der Waals surface area contributed by atoms with Gasteiger partial charge in [0.25, 0.3) is 0 Å². The maximum absolute atomic E-state index is 4.45. The van der Waals surface area contributed by atoms with Gasteiger partial charge in [0.05, 0.1) is 11.9 Å². The number of aryl methyl sites for hydroxylation is 1. The SMILES string of the molecule is Cc1cc(Nc2ccc(C(C)(C)C)cc2)c2[nH]ncc2n1.Cl. The molecule has 0 atom stereocenters. The first-order valence-electron chi connectivity index (χ1n) is 7.12. The van der Waals surface area contributed by atoms with Crippen molar-refractivity contribution in [3.05, 3.63) is 47.8 Å². The molecule has 3 rings (SSSR count). The molecule has 0 saturated carbocycles. The molecule has 2 N–H and O–H groups in total. The molecule has 0 saturated heterocycles. The third-order valence-corrected chi connectivity index (χ3v) is 3.57. The van der Waals surface area contributed by atoms with Crippen molar-refractivity contribution in [2.24, 2.45) is 0 Å². The average molecular weight is 317 g/mol. The van der Waals surface area contributed by atoms with Gasteiger partial charge in [-0.25, -0.2) is 4.98 Å². The number of rotatable bonds is 2. The van der Waals surface area contributed by atoms with Crippen LogP contribution in [-0.4, -0.2) is 15.2 Å². The summed E-state index contributed by atoms with van der Waals surface area (Å²) in [5.74, 6) is 0. The van der Waals surface area contributed by atoms with Gasteiger partial charge >= 0.3 is 0 Å². The van der Waals surface area contributed by atoms with Crippen molar-refractivity contribution in [2.45, 2.75) is 33.1 Å². The van der Waals surface area contributed by atoms with E-state index in [0.29, 0.717) is 0 Å². The van der Waals surface area contributed by atoms with E-state index in [9.17, 15) is 0 Å². The van der Waals surface area contributed by atoms with Crippen LogP contribution in [0.4, 0.5) is 11.4 Å². The van der Waals surface area contributed by atoms with Gasteiger partial charge in [0, 0.05) is 11.4 Å². The Balaban J connectivity index is 0.00000176. The van der Waals surface area contributed by atoms with Crippen LogP contribution in [-0.2, 0) is 5.41 Å². The molecule has 0 amide bonds. The van der Waals surface area contributed by atoms with Gasteiger partial charge in [0.15, 0.2) is 0 Å². The molecule has 0 spiro atoms. The van der Waals surface area contributed by atoms with Crippen LogP contribution in [0.2, 0.25) is 0 Å². The average Bonchev–Trinajstić information content (AvgIpc) is 2.86. The maximum atomic E-state index is 4.45. The molecule has 3 aromatic rings. The fraction of sp³-hybridized carbons (Fsp3) is 0.294. The summed E-state index contributed by atoms with van der Waals surface area (Å²) >= 11 is 0. The fourth-order valence-corrected chi connectivity index (χ4v) is 2.37. The van der Waals surface area contributed by atoms with Gasteiger partial charge in [-0.05, 0) is 36.1 Å². The Hall–Kier alpha value is -2.07. The lowest BCUT2D eigenvalue weighted by Gasteiger charge is -2.19. The lowest BCUT2D eigenvalue weighted by Crippen LogP contribution is -2.10. The first kappa shape index (κ1) is 16.3. The molecule has 2 aromatic heterocycles. The van der Waals surface area contributed by atoms with Gasteiger partial charge in [-0.2, -0.15) is 5.10 Å². The number of hydrogen-bond acceptors (Lipinski definition) is 3. The smallest absolute Gasteiger partial charge is 0.110 e. The molecule has 0 bridgehead atoms. The highest BCUT2D eigenvalue weighted by atomic mass is 35.5. The van der Waals surface area contributed by atoms with Crippen molar-refractivity contribution < 1.29 is 0 Å². The number of H-pyrrole nitrogens is 1. The maximum Gasteiger partial charge on any atom is 0.110 e. The summed E-state index contributed by atoms with van der Waals surface area (Å²) in [5, 5.41) is 10.5. The van der Waals surface area contributed by atoms with Crippen LogP contribution >= 0.6 is 12.4 Å². The van der Waals surface area contributed by atoms with Crippen LogP contribution in [0.15, 0.2) is 36.5 Å². The monoisotopic (exact) mass is 316 g/mol. The molecule has 0 aliphatic rings. The predicted molar refractivity (Wildman–Crippen MR) is 94.3 cm³/mol. The first-order chi connectivity index (χ1) is 9.93. The van der Waals surface area contributed by atoms with E-state index < -0.39 is 0 Å². The van der Waals surface area contributed by atoms with E-state index in [1.165, 1.54) is 5.56 Å². The van der Waals surface area contributed by atoms with Crippen molar-refractivity contribution in [1.82, 2.24) is 15.2 Å². The van der Waals surface area contributed by atoms with Gasteiger partial charge < -0.3 is 5.32 Å². The van der Waals surface area contributed by atoms with Gasteiger partial charge in [-0.1, -0.05) is 32.9 Å². The van der Waals surface area contributed by atoms with Crippen LogP contribution in [0.1, 0.15) is 32.0 Å².